The summed E-state index contributed by atoms with van der Waals surface area (Å²) in [5.41, 5.74) is -0.111. The third-order valence-electron chi connectivity index (χ3n) is 2.37. The Morgan fingerprint density at radius 2 is 2.05 bits per heavy atom. The van der Waals surface area contributed by atoms with Crippen molar-refractivity contribution in [1.82, 2.24) is 15.5 Å². The van der Waals surface area contributed by atoms with E-state index < -0.39 is 11.6 Å². The van der Waals surface area contributed by atoms with Gasteiger partial charge in [0.05, 0.1) is 17.3 Å². The number of aromatic nitrogens is 2. The molecule has 1 aromatic carbocycles. The maximum Gasteiger partial charge on any atom is 0.320 e. The summed E-state index contributed by atoms with van der Waals surface area (Å²) >= 11 is 5.75. The minimum absolute atomic E-state index is 0.0158. The van der Waals surface area contributed by atoms with Gasteiger partial charge in [-0.2, -0.15) is 0 Å². The molecular formula is C12H13ClF2N4O. The zero-order valence-corrected chi connectivity index (χ0v) is 11.6. The highest BCUT2D eigenvalue weighted by Crippen LogP contribution is 2.28. The summed E-state index contributed by atoms with van der Waals surface area (Å²) in [5.74, 6) is -1.25. The van der Waals surface area contributed by atoms with E-state index in [2.05, 4.69) is 20.8 Å². The zero-order chi connectivity index (χ0) is 14.7. The van der Waals surface area contributed by atoms with Crippen LogP contribution >= 0.6 is 11.6 Å². The molecule has 0 aliphatic heterocycles. The highest BCUT2D eigenvalue weighted by Gasteiger charge is 2.13. The first-order chi connectivity index (χ1) is 9.45. The van der Waals surface area contributed by atoms with Crippen molar-refractivity contribution in [3.05, 3.63) is 34.7 Å². The van der Waals surface area contributed by atoms with E-state index in [0.717, 1.165) is 6.07 Å². The number of hydrogen-bond acceptors (Lipinski definition) is 5. The van der Waals surface area contributed by atoms with Crippen LogP contribution in [0.15, 0.2) is 16.5 Å². The van der Waals surface area contributed by atoms with Crippen LogP contribution in [0.2, 0.25) is 5.02 Å². The Labute approximate surface area is 119 Å². The van der Waals surface area contributed by atoms with E-state index in [9.17, 15) is 8.78 Å². The van der Waals surface area contributed by atoms with E-state index in [1.165, 1.54) is 0 Å². The first-order valence-corrected chi connectivity index (χ1v) is 6.31. The van der Waals surface area contributed by atoms with Gasteiger partial charge in [-0.25, -0.2) is 8.78 Å². The molecule has 2 aromatic rings. The van der Waals surface area contributed by atoms with Gasteiger partial charge in [-0.3, -0.25) is 0 Å². The van der Waals surface area contributed by atoms with Crippen LogP contribution < -0.4 is 10.6 Å². The van der Waals surface area contributed by atoms with E-state index in [1.807, 2.05) is 13.8 Å². The molecule has 0 bridgehead atoms. The molecule has 0 spiro atoms. The molecule has 108 valence electrons. The summed E-state index contributed by atoms with van der Waals surface area (Å²) in [6.07, 6.45) is 0. The normalized spacial score (nSPS) is 11.1. The molecule has 0 saturated carbocycles. The molecule has 2 N–H and O–H groups in total. The van der Waals surface area contributed by atoms with Gasteiger partial charge in [0.15, 0.2) is 5.82 Å². The molecule has 0 radical (unpaired) electrons. The standard InChI is InChI=1S/C12H13ClF2N4O/c1-6(2)16-5-10-18-19-12(20-10)17-11-8(13)3-7(14)4-9(11)15/h3-4,6,16H,5H2,1-2H3,(H,17,19). The first kappa shape index (κ1) is 14.7. The maximum atomic E-state index is 13.6. The second-order valence-corrected chi connectivity index (χ2v) is 4.81. The SMILES string of the molecule is CC(C)NCc1nnc(Nc2c(F)cc(F)cc2Cl)o1. The molecule has 0 atom stereocenters. The quantitative estimate of drug-likeness (QED) is 0.888. The predicted molar refractivity (Wildman–Crippen MR) is 70.9 cm³/mol. The lowest BCUT2D eigenvalue weighted by Gasteiger charge is -2.06. The Hall–Kier alpha value is -1.73. The molecule has 20 heavy (non-hydrogen) atoms. The fraction of sp³-hybridized carbons (Fsp3) is 0.333. The molecule has 0 amide bonds. The Bertz CT molecular complexity index is 580. The summed E-state index contributed by atoms with van der Waals surface area (Å²) in [6.45, 7) is 4.35. The summed E-state index contributed by atoms with van der Waals surface area (Å²) in [7, 11) is 0. The van der Waals surface area contributed by atoms with Crippen LogP contribution in [0.4, 0.5) is 20.5 Å². The topological polar surface area (TPSA) is 63.0 Å². The van der Waals surface area contributed by atoms with Gasteiger partial charge in [-0.15, -0.1) is 5.10 Å². The smallest absolute Gasteiger partial charge is 0.320 e. The molecule has 0 aliphatic carbocycles. The minimum Gasteiger partial charge on any atom is -0.406 e. The van der Waals surface area contributed by atoms with Crippen molar-refractivity contribution in [2.75, 3.05) is 5.32 Å². The predicted octanol–water partition coefficient (Wildman–Crippen LogP) is 3.24. The van der Waals surface area contributed by atoms with Crippen LogP contribution in [-0.4, -0.2) is 16.2 Å². The van der Waals surface area contributed by atoms with Crippen molar-refractivity contribution in [3.8, 4) is 0 Å². The van der Waals surface area contributed by atoms with Gasteiger partial charge < -0.3 is 15.1 Å². The second kappa shape index (κ2) is 6.15. The average Bonchev–Trinajstić information content (AvgIpc) is 2.79. The summed E-state index contributed by atoms with van der Waals surface area (Å²) in [5, 5.41) is 13.0. The Balaban J connectivity index is 2.11. The average molecular weight is 303 g/mol. The van der Waals surface area contributed by atoms with Crippen molar-refractivity contribution in [2.24, 2.45) is 0 Å². The third-order valence-corrected chi connectivity index (χ3v) is 2.67. The van der Waals surface area contributed by atoms with Crippen LogP contribution in [0, 0.1) is 11.6 Å². The largest absolute Gasteiger partial charge is 0.406 e. The molecule has 1 heterocycles. The van der Waals surface area contributed by atoms with Gasteiger partial charge in [0.1, 0.15) is 5.82 Å². The third kappa shape index (κ3) is 3.64. The van der Waals surface area contributed by atoms with Crippen LogP contribution in [0.5, 0.6) is 0 Å². The monoisotopic (exact) mass is 302 g/mol. The molecule has 5 nitrogen and oxygen atoms in total. The molecule has 0 aliphatic rings. The Morgan fingerprint density at radius 1 is 1.30 bits per heavy atom. The van der Waals surface area contributed by atoms with Crippen LogP contribution in [0.1, 0.15) is 19.7 Å². The number of halogens is 3. The van der Waals surface area contributed by atoms with E-state index in [-0.39, 0.29) is 22.8 Å². The van der Waals surface area contributed by atoms with Gasteiger partial charge in [-0.05, 0) is 6.07 Å². The van der Waals surface area contributed by atoms with E-state index in [4.69, 9.17) is 16.0 Å². The molecule has 0 unspecified atom stereocenters. The van der Waals surface area contributed by atoms with Crippen molar-refractivity contribution in [3.63, 3.8) is 0 Å². The number of benzene rings is 1. The molecule has 0 fully saturated rings. The van der Waals surface area contributed by atoms with Gasteiger partial charge in [-0.1, -0.05) is 30.5 Å². The second-order valence-electron chi connectivity index (χ2n) is 4.41. The lowest BCUT2D eigenvalue weighted by Crippen LogP contribution is -2.21. The van der Waals surface area contributed by atoms with Gasteiger partial charge >= 0.3 is 6.01 Å². The Morgan fingerprint density at radius 3 is 2.70 bits per heavy atom. The molecular weight excluding hydrogens is 290 g/mol. The number of hydrogen-bond donors (Lipinski definition) is 2. The van der Waals surface area contributed by atoms with Crippen LogP contribution in [0.3, 0.4) is 0 Å². The van der Waals surface area contributed by atoms with E-state index in [1.54, 1.807) is 0 Å². The van der Waals surface area contributed by atoms with E-state index >= 15 is 0 Å². The van der Waals surface area contributed by atoms with Crippen molar-refractivity contribution in [1.29, 1.82) is 0 Å². The number of anilines is 2. The summed E-state index contributed by atoms with van der Waals surface area (Å²) in [6, 6.07) is 1.95. The number of nitrogens with zero attached hydrogens (tertiary/aromatic N) is 2. The lowest BCUT2D eigenvalue weighted by atomic mass is 10.3. The van der Waals surface area contributed by atoms with Crippen molar-refractivity contribution in [2.45, 2.75) is 26.4 Å². The van der Waals surface area contributed by atoms with Crippen LogP contribution in [-0.2, 0) is 6.54 Å². The van der Waals surface area contributed by atoms with Crippen LogP contribution in [0.25, 0.3) is 0 Å². The number of rotatable bonds is 5. The Kier molecular flexibility index (Phi) is 4.51. The van der Waals surface area contributed by atoms with Crippen molar-refractivity contribution >= 4 is 23.3 Å². The van der Waals surface area contributed by atoms with Crippen molar-refractivity contribution < 1.29 is 13.2 Å². The molecule has 2 rings (SSSR count). The van der Waals surface area contributed by atoms with E-state index in [0.29, 0.717) is 18.5 Å². The van der Waals surface area contributed by atoms with Gasteiger partial charge in [0.25, 0.3) is 0 Å². The molecule has 0 saturated heterocycles. The summed E-state index contributed by atoms with van der Waals surface area (Å²) in [4.78, 5) is 0. The number of nitrogens with one attached hydrogen (secondary N) is 2. The molecule has 1 aromatic heterocycles. The minimum atomic E-state index is -0.838. The zero-order valence-electron chi connectivity index (χ0n) is 10.9. The highest BCUT2D eigenvalue weighted by atomic mass is 35.5. The highest BCUT2D eigenvalue weighted by molar-refractivity contribution is 6.33. The fourth-order valence-electron chi connectivity index (χ4n) is 1.44. The first-order valence-electron chi connectivity index (χ1n) is 5.93. The van der Waals surface area contributed by atoms with Gasteiger partial charge in [0, 0.05) is 12.1 Å². The summed E-state index contributed by atoms with van der Waals surface area (Å²) < 4.78 is 31.7. The fourth-order valence-corrected chi connectivity index (χ4v) is 1.68. The van der Waals surface area contributed by atoms with Gasteiger partial charge in [0.2, 0.25) is 5.89 Å². The lowest BCUT2D eigenvalue weighted by molar-refractivity contribution is 0.460. The maximum absolute atomic E-state index is 13.6. The molecule has 8 heteroatoms.